The Bertz CT molecular complexity index is 1390. The van der Waals surface area contributed by atoms with Crippen LogP contribution in [0.25, 0.3) is 0 Å². The van der Waals surface area contributed by atoms with Gasteiger partial charge in [0.15, 0.2) is 11.6 Å². The van der Waals surface area contributed by atoms with Crippen molar-refractivity contribution < 1.29 is 54.1 Å². The van der Waals surface area contributed by atoms with Gasteiger partial charge in [-0.1, -0.05) is 92.7 Å². The smallest absolute Gasteiger partial charge is 0.330 e. The van der Waals surface area contributed by atoms with Crippen LogP contribution in [0.15, 0.2) is 36.5 Å². The van der Waals surface area contributed by atoms with E-state index in [0.29, 0.717) is 25.7 Å². The van der Waals surface area contributed by atoms with E-state index in [4.69, 9.17) is 14.2 Å². The van der Waals surface area contributed by atoms with E-state index in [1.165, 1.54) is 39.8 Å². The molecule has 0 unspecified atom stereocenters. The van der Waals surface area contributed by atoms with Crippen LogP contribution >= 0.6 is 0 Å². The van der Waals surface area contributed by atoms with Gasteiger partial charge in [-0.3, -0.25) is 9.59 Å². The van der Waals surface area contributed by atoms with Crippen LogP contribution in [0.4, 0.5) is 0 Å². The van der Waals surface area contributed by atoms with Gasteiger partial charge in [0.05, 0.1) is 36.6 Å². The van der Waals surface area contributed by atoms with Crippen LogP contribution in [0.1, 0.15) is 121 Å². The molecule has 0 radical (unpaired) electrons. The molecular weight excluding hydrogens is 716 g/mol. The molecule has 3 aliphatic heterocycles. The van der Waals surface area contributed by atoms with Crippen molar-refractivity contribution in [1.29, 1.82) is 0 Å². The average Bonchev–Trinajstić information content (AvgIpc) is 3.16. The molecule has 0 amide bonds. The molecule has 5 N–H and O–H groups in total. The zero-order valence-electron chi connectivity index (χ0n) is 35.8. The summed E-state index contributed by atoms with van der Waals surface area (Å²) in [5.74, 6) is -7.28. The first-order valence-electron chi connectivity index (χ1n) is 21.2. The highest BCUT2D eigenvalue weighted by molar-refractivity contribution is 5.91. The van der Waals surface area contributed by atoms with Gasteiger partial charge in [-0.05, 0) is 70.1 Å². The van der Waals surface area contributed by atoms with E-state index < -0.39 is 89.0 Å². The SMILES string of the molecule is CC[C@@H]1/C=C/C=C/C[C@H](C)[C@@H](O)[C@](C)(O)C(=O)[C@H](C)[C@@H](O)[C@H](C)C(=O)[C@H](C)[C@@H](O)[C@H](C)/C=C/C(=O)O[C@@H]2[C@@H](C)[C@H](CC1)O[C@]1(CC[C@@H](C)[C@@H](C[C@@H](C)O)O1)[C@@H]2C. The Balaban J connectivity index is 1.99. The Kier molecular flexibility index (Phi) is 17.7. The van der Waals surface area contributed by atoms with Gasteiger partial charge in [-0.15, -0.1) is 0 Å². The van der Waals surface area contributed by atoms with Crippen LogP contribution in [-0.4, -0.2) is 97.2 Å². The van der Waals surface area contributed by atoms with Gasteiger partial charge in [-0.25, -0.2) is 4.79 Å². The zero-order valence-corrected chi connectivity index (χ0v) is 35.8. The van der Waals surface area contributed by atoms with Crippen LogP contribution in [-0.2, 0) is 28.6 Å². The summed E-state index contributed by atoms with van der Waals surface area (Å²) in [6, 6.07) is 0. The third-order valence-corrected chi connectivity index (χ3v) is 13.4. The van der Waals surface area contributed by atoms with Crippen molar-refractivity contribution in [3.63, 3.8) is 0 Å². The molecule has 3 heterocycles. The number of esters is 1. The van der Waals surface area contributed by atoms with Gasteiger partial charge in [-0.2, -0.15) is 0 Å². The van der Waals surface area contributed by atoms with E-state index in [9.17, 15) is 39.9 Å². The molecule has 11 heteroatoms. The second kappa shape index (κ2) is 20.6. The number of carbonyl (C=O) groups excluding carboxylic acids is 3. The molecule has 2 bridgehead atoms. The van der Waals surface area contributed by atoms with E-state index in [-0.39, 0.29) is 35.9 Å². The largest absolute Gasteiger partial charge is 0.458 e. The fourth-order valence-electron chi connectivity index (χ4n) is 9.01. The Morgan fingerprint density at radius 3 is 2.11 bits per heavy atom. The number of ether oxygens (including phenoxy) is 3. The van der Waals surface area contributed by atoms with Crippen LogP contribution in [0.2, 0.25) is 0 Å². The molecule has 3 rings (SSSR count). The maximum absolute atomic E-state index is 13.5. The van der Waals surface area contributed by atoms with Crippen molar-refractivity contribution in [2.24, 2.45) is 53.3 Å². The van der Waals surface area contributed by atoms with E-state index in [1.807, 2.05) is 32.1 Å². The lowest BCUT2D eigenvalue weighted by molar-refractivity contribution is -0.371. The average molecular weight is 791 g/mol. The molecule has 0 aromatic rings. The van der Waals surface area contributed by atoms with Crippen molar-refractivity contribution in [3.05, 3.63) is 36.5 Å². The highest BCUT2D eigenvalue weighted by Gasteiger charge is 2.56. The van der Waals surface area contributed by atoms with E-state index in [0.717, 1.165) is 19.3 Å². The maximum Gasteiger partial charge on any atom is 0.330 e. The van der Waals surface area contributed by atoms with Gasteiger partial charge < -0.3 is 39.7 Å². The number of ketones is 2. The lowest BCUT2D eigenvalue weighted by Crippen LogP contribution is -2.62. The molecule has 1 spiro atoms. The van der Waals surface area contributed by atoms with E-state index in [2.05, 4.69) is 19.9 Å². The predicted octanol–water partition coefficient (Wildman–Crippen LogP) is 5.88. The summed E-state index contributed by atoms with van der Waals surface area (Å²) in [6.45, 7) is 19.1. The standard InChI is InChI=1S/C45H74O11/c1-12-34-17-15-13-14-16-27(4)42(51)44(11,53)43(52)32(9)40(50)31(8)39(49)30(7)38(48)26(3)18-21-37(47)54-41-29(6)35(20-19-34)55-45(33(41)10)23-22-25(2)36(56-45)24-28(5)46/h13-15,17-18,21,25-36,38,40-42,46,48,50-51,53H,12,16,19-20,22-24H2,1-11H3/b14-13+,17-15+,21-18+/t25-,26-,27+,28-,29+,30-,31-,32-,33-,34-,35+,36-,38+,40+,41-,42-,44+,45+/m1/s1. The maximum atomic E-state index is 13.5. The molecule has 0 aromatic heterocycles. The number of fused-ring (bicyclic) bond motifs is 2. The molecule has 0 saturated carbocycles. The highest BCUT2D eigenvalue weighted by Crippen LogP contribution is 2.49. The zero-order chi connectivity index (χ0) is 42.3. The van der Waals surface area contributed by atoms with Gasteiger partial charge in [0.1, 0.15) is 17.5 Å². The van der Waals surface area contributed by atoms with Crippen LogP contribution in [0.5, 0.6) is 0 Å². The summed E-state index contributed by atoms with van der Waals surface area (Å²) >= 11 is 0. The predicted molar refractivity (Wildman–Crippen MR) is 215 cm³/mol. The minimum Gasteiger partial charge on any atom is -0.458 e. The molecule has 18 atom stereocenters. The molecule has 2 saturated heterocycles. The van der Waals surface area contributed by atoms with E-state index >= 15 is 0 Å². The summed E-state index contributed by atoms with van der Waals surface area (Å²) in [7, 11) is 0. The highest BCUT2D eigenvalue weighted by atomic mass is 16.7. The molecule has 0 aromatic carbocycles. The number of allylic oxidation sites excluding steroid dienone is 4. The van der Waals surface area contributed by atoms with Gasteiger partial charge in [0.25, 0.3) is 0 Å². The fraction of sp³-hybridized carbons (Fsp3) is 0.800. The quantitative estimate of drug-likeness (QED) is 0.216. The fourth-order valence-corrected chi connectivity index (χ4v) is 9.01. The third-order valence-electron chi connectivity index (χ3n) is 13.4. The molecule has 320 valence electrons. The minimum absolute atomic E-state index is 0.168. The molecule has 56 heavy (non-hydrogen) atoms. The summed E-state index contributed by atoms with van der Waals surface area (Å²) < 4.78 is 20.0. The molecule has 3 aliphatic rings. The number of hydrogen-bond donors (Lipinski definition) is 5. The van der Waals surface area contributed by atoms with Gasteiger partial charge in [0.2, 0.25) is 0 Å². The van der Waals surface area contributed by atoms with Gasteiger partial charge in [0, 0.05) is 48.0 Å². The number of hydrogen-bond acceptors (Lipinski definition) is 11. The molecular formula is C45H74O11. The van der Waals surface area contributed by atoms with Crippen LogP contribution in [0.3, 0.4) is 0 Å². The third kappa shape index (κ3) is 11.5. The van der Waals surface area contributed by atoms with Crippen molar-refractivity contribution in [2.45, 2.75) is 175 Å². The number of carbonyl (C=O) groups is 3. The number of aliphatic hydroxyl groups is 5. The summed E-state index contributed by atoms with van der Waals surface area (Å²) in [6.07, 6.45) is 9.62. The molecule has 0 aliphatic carbocycles. The lowest BCUT2D eigenvalue weighted by Gasteiger charge is -2.55. The first-order valence-corrected chi connectivity index (χ1v) is 21.2. The molecule has 11 nitrogen and oxygen atoms in total. The summed E-state index contributed by atoms with van der Waals surface area (Å²) in [4.78, 5) is 40.5. The number of aliphatic hydroxyl groups excluding tert-OH is 4. The number of Topliss-reactive ketones (excluding diaryl/α,β-unsaturated/α-hetero) is 2. The Labute approximate surface area is 336 Å². The van der Waals surface area contributed by atoms with Crippen LogP contribution < -0.4 is 0 Å². The first-order chi connectivity index (χ1) is 26.1. The van der Waals surface area contributed by atoms with Gasteiger partial charge >= 0.3 is 5.97 Å². The minimum atomic E-state index is -2.18. The van der Waals surface area contributed by atoms with Crippen molar-refractivity contribution in [3.8, 4) is 0 Å². The normalized spacial score (nSPS) is 46.8. The first kappa shape index (κ1) is 48.1. The summed E-state index contributed by atoms with van der Waals surface area (Å²) in [5.41, 5.74) is -2.18. The van der Waals surface area contributed by atoms with Crippen molar-refractivity contribution in [2.75, 3.05) is 0 Å². The second-order valence-electron chi connectivity index (χ2n) is 18.0. The van der Waals surface area contributed by atoms with Crippen molar-refractivity contribution in [1.82, 2.24) is 0 Å². The Morgan fingerprint density at radius 1 is 0.839 bits per heavy atom. The second-order valence-corrected chi connectivity index (χ2v) is 18.0. The monoisotopic (exact) mass is 791 g/mol. The van der Waals surface area contributed by atoms with Crippen LogP contribution in [0, 0.1) is 53.3 Å². The molecule has 2 fully saturated rings. The Morgan fingerprint density at radius 2 is 1.48 bits per heavy atom. The lowest BCUT2D eigenvalue weighted by atomic mass is 9.74. The Hall–Kier alpha value is -2.25. The number of rotatable bonds is 3. The summed E-state index contributed by atoms with van der Waals surface area (Å²) in [5, 5.41) is 55.0. The van der Waals surface area contributed by atoms with Crippen molar-refractivity contribution >= 4 is 17.5 Å². The van der Waals surface area contributed by atoms with E-state index in [1.54, 1.807) is 20.8 Å². The topological polar surface area (TPSA) is 180 Å².